The zero-order chi connectivity index (χ0) is 13.7. The molecule has 2 fully saturated rings. The molecule has 0 radical (unpaired) electrons. The van der Waals surface area contributed by atoms with Crippen LogP contribution in [0.15, 0.2) is 0 Å². The number of aliphatic hydroxyl groups excluding tert-OH is 1. The third-order valence-electron chi connectivity index (χ3n) is 3.58. The highest BCUT2D eigenvalue weighted by Gasteiger charge is 2.62. The summed E-state index contributed by atoms with van der Waals surface area (Å²) in [4.78, 5) is 13.0. The van der Waals surface area contributed by atoms with Gasteiger partial charge in [0.15, 0.2) is 0 Å². The van der Waals surface area contributed by atoms with E-state index < -0.39 is 29.7 Å². The van der Waals surface area contributed by atoms with E-state index in [1.54, 1.807) is 20.8 Å². The lowest BCUT2D eigenvalue weighted by molar-refractivity contribution is -0.100. The first-order chi connectivity index (χ1) is 8.15. The van der Waals surface area contributed by atoms with Crippen molar-refractivity contribution >= 4 is 6.09 Å². The molecule has 2 bridgehead atoms. The molecule has 1 aliphatic heterocycles. The molecule has 1 N–H and O–H groups in total. The van der Waals surface area contributed by atoms with Gasteiger partial charge in [-0.1, -0.05) is 0 Å². The maximum Gasteiger partial charge on any atom is 0.411 e. The van der Waals surface area contributed by atoms with E-state index in [0.717, 1.165) is 4.90 Å². The van der Waals surface area contributed by atoms with E-state index in [9.17, 15) is 18.7 Å². The molecule has 3 atom stereocenters. The number of likely N-dealkylation sites (tertiary alicyclic amines) is 1. The summed E-state index contributed by atoms with van der Waals surface area (Å²) in [6.45, 7) is 4.76. The number of carbonyl (C=O) groups is 1. The summed E-state index contributed by atoms with van der Waals surface area (Å²) >= 11 is 0. The van der Waals surface area contributed by atoms with Crippen molar-refractivity contribution in [3.05, 3.63) is 0 Å². The second-order valence-corrected chi connectivity index (χ2v) is 6.11. The van der Waals surface area contributed by atoms with E-state index in [1.807, 2.05) is 0 Å². The van der Waals surface area contributed by atoms with Gasteiger partial charge in [0, 0.05) is 6.42 Å². The smallest absolute Gasteiger partial charge is 0.411 e. The molecule has 6 heteroatoms. The molecule has 1 amide bonds. The standard InChI is InChI=1S/C12H19F2NO3/c1-11(2,3)18-10(17)15-8(6-16)7-4-9(15)12(13,14)5-7/h7-9,16H,4-6H2,1-3H3/t7-,8-,9+/m0/s1. The molecule has 1 saturated carbocycles. The van der Waals surface area contributed by atoms with Gasteiger partial charge in [-0.15, -0.1) is 0 Å². The van der Waals surface area contributed by atoms with Crippen LogP contribution in [-0.4, -0.2) is 46.3 Å². The summed E-state index contributed by atoms with van der Waals surface area (Å²) in [5.74, 6) is -3.20. The number of fused-ring (bicyclic) bond motifs is 2. The van der Waals surface area contributed by atoms with Crippen LogP contribution in [0.2, 0.25) is 0 Å². The van der Waals surface area contributed by atoms with Crippen LogP contribution in [-0.2, 0) is 4.74 Å². The second-order valence-electron chi connectivity index (χ2n) is 6.11. The van der Waals surface area contributed by atoms with Crippen LogP contribution in [0.25, 0.3) is 0 Å². The van der Waals surface area contributed by atoms with Gasteiger partial charge >= 0.3 is 6.09 Å². The molecule has 0 unspecified atom stereocenters. The average molecular weight is 263 g/mol. The maximum atomic E-state index is 13.7. The maximum absolute atomic E-state index is 13.7. The van der Waals surface area contributed by atoms with E-state index in [1.165, 1.54) is 0 Å². The van der Waals surface area contributed by atoms with Crippen molar-refractivity contribution in [2.45, 2.75) is 57.2 Å². The summed E-state index contributed by atoms with van der Waals surface area (Å²) in [6.07, 6.45) is -0.756. The molecule has 4 nitrogen and oxygen atoms in total. The number of halogens is 2. The first-order valence-corrected chi connectivity index (χ1v) is 6.16. The van der Waals surface area contributed by atoms with E-state index in [2.05, 4.69) is 0 Å². The predicted octanol–water partition coefficient (Wildman–Crippen LogP) is 2.01. The second kappa shape index (κ2) is 4.05. The van der Waals surface area contributed by atoms with Gasteiger partial charge in [0.1, 0.15) is 5.60 Å². The van der Waals surface area contributed by atoms with Crippen molar-refractivity contribution in [2.75, 3.05) is 6.61 Å². The van der Waals surface area contributed by atoms with Crippen LogP contribution in [0.3, 0.4) is 0 Å². The van der Waals surface area contributed by atoms with Crippen LogP contribution >= 0.6 is 0 Å². The van der Waals surface area contributed by atoms with Crippen molar-refractivity contribution in [2.24, 2.45) is 5.92 Å². The minimum absolute atomic E-state index is 0.247. The summed E-state index contributed by atoms with van der Waals surface area (Å²) < 4.78 is 32.5. The highest BCUT2D eigenvalue weighted by atomic mass is 19.3. The number of hydrogen-bond acceptors (Lipinski definition) is 3. The largest absolute Gasteiger partial charge is 0.444 e. The van der Waals surface area contributed by atoms with Crippen LogP contribution in [0.5, 0.6) is 0 Å². The van der Waals surface area contributed by atoms with Crippen molar-refractivity contribution in [1.29, 1.82) is 0 Å². The molecule has 2 rings (SSSR count). The minimum atomic E-state index is -2.87. The number of alkyl halides is 2. The lowest BCUT2D eigenvalue weighted by atomic mass is 9.98. The van der Waals surface area contributed by atoms with Crippen LogP contribution < -0.4 is 0 Å². The lowest BCUT2D eigenvalue weighted by Gasteiger charge is -2.38. The molecule has 2 aliphatic rings. The quantitative estimate of drug-likeness (QED) is 0.787. The van der Waals surface area contributed by atoms with Gasteiger partial charge in [-0.25, -0.2) is 13.6 Å². The molecule has 0 aromatic carbocycles. The number of nitrogens with zero attached hydrogens (tertiary/aromatic N) is 1. The third kappa shape index (κ3) is 2.18. The lowest BCUT2D eigenvalue weighted by Crippen LogP contribution is -2.55. The molecule has 1 saturated heterocycles. The topological polar surface area (TPSA) is 49.8 Å². The van der Waals surface area contributed by atoms with Crippen LogP contribution in [0.1, 0.15) is 33.6 Å². The predicted molar refractivity (Wildman–Crippen MR) is 60.4 cm³/mol. The first-order valence-electron chi connectivity index (χ1n) is 6.16. The monoisotopic (exact) mass is 263 g/mol. The number of amides is 1. The Bertz CT molecular complexity index is 354. The number of aliphatic hydroxyl groups is 1. The Labute approximate surface area is 105 Å². The molecule has 104 valence electrons. The first kappa shape index (κ1) is 13.5. The van der Waals surface area contributed by atoms with Crippen molar-refractivity contribution in [3.63, 3.8) is 0 Å². The Morgan fingerprint density at radius 1 is 1.50 bits per heavy atom. The van der Waals surface area contributed by atoms with E-state index in [4.69, 9.17) is 4.74 Å². The van der Waals surface area contributed by atoms with Gasteiger partial charge in [0.25, 0.3) is 5.92 Å². The normalized spacial score (nSPS) is 33.9. The molecule has 0 aromatic heterocycles. The van der Waals surface area contributed by atoms with Crippen molar-refractivity contribution < 1.29 is 23.4 Å². The molecular weight excluding hydrogens is 244 g/mol. The average Bonchev–Trinajstić information content (AvgIpc) is 2.66. The zero-order valence-corrected chi connectivity index (χ0v) is 10.8. The minimum Gasteiger partial charge on any atom is -0.444 e. The van der Waals surface area contributed by atoms with Gasteiger partial charge in [0.05, 0.1) is 18.7 Å². The Balaban J connectivity index is 2.18. The Kier molecular flexibility index (Phi) is 3.04. The number of hydrogen-bond donors (Lipinski definition) is 1. The highest BCUT2D eigenvalue weighted by Crippen LogP contribution is 2.51. The highest BCUT2D eigenvalue weighted by molar-refractivity contribution is 5.70. The van der Waals surface area contributed by atoms with E-state index >= 15 is 0 Å². The van der Waals surface area contributed by atoms with Gasteiger partial charge in [-0.05, 0) is 33.1 Å². The zero-order valence-electron chi connectivity index (χ0n) is 10.8. The van der Waals surface area contributed by atoms with Gasteiger partial charge < -0.3 is 9.84 Å². The summed E-state index contributed by atoms with van der Waals surface area (Å²) in [5, 5.41) is 9.28. The molecule has 1 heterocycles. The molecule has 0 spiro atoms. The number of piperidine rings is 1. The van der Waals surface area contributed by atoms with Crippen LogP contribution in [0.4, 0.5) is 13.6 Å². The van der Waals surface area contributed by atoms with Gasteiger partial charge in [0.2, 0.25) is 0 Å². The SMILES string of the molecule is CC(C)(C)OC(=O)N1[C@@H](CO)[C@H]2C[C@@H]1C(F)(F)C2. The summed E-state index contributed by atoms with van der Waals surface area (Å²) in [7, 11) is 0. The van der Waals surface area contributed by atoms with Gasteiger partial charge in [-0.2, -0.15) is 0 Å². The Morgan fingerprint density at radius 2 is 2.11 bits per heavy atom. The fourth-order valence-corrected chi connectivity index (χ4v) is 2.91. The van der Waals surface area contributed by atoms with Crippen molar-refractivity contribution in [1.82, 2.24) is 4.90 Å². The number of rotatable bonds is 1. The Hall–Kier alpha value is -0.910. The fraction of sp³-hybridized carbons (Fsp3) is 0.917. The molecule has 18 heavy (non-hydrogen) atoms. The Morgan fingerprint density at radius 3 is 2.61 bits per heavy atom. The molecule has 0 aromatic rings. The number of carbonyl (C=O) groups excluding carboxylic acids is 1. The third-order valence-corrected chi connectivity index (χ3v) is 3.58. The number of ether oxygens (including phenoxy) is 1. The van der Waals surface area contributed by atoms with Gasteiger partial charge in [-0.3, -0.25) is 4.90 Å². The summed E-state index contributed by atoms with van der Waals surface area (Å²) in [5.41, 5.74) is -0.728. The van der Waals surface area contributed by atoms with Crippen LogP contribution in [0, 0.1) is 5.92 Å². The van der Waals surface area contributed by atoms with Crippen molar-refractivity contribution in [3.8, 4) is 0 Å². The summed E-state index contributed by atoms with van der Waals surface area (Å²) in [6, 6.07) is -1.67. The van der Waals surface area contributed by atoms with E-state index in [0.29, 0.717) is 0 Å². The molecule has 1 aliphatic carbocycles. The van der Waals surface area contributed by atoms with E-state index in [-0.39, 0.29) is 25.4 Å². The molecular formula is C12H19F2NO3. The fourth-order valence-electron chi connectivity index (χ4n) is 2.91.